The van der Waals surface area contributed by atoms with Gasteiger partial charge in [-0.3, -0.25) is 9.59 Å². The van der Waals surface area contributed by atoms with Crippen molar-refractivity contribution >= 4 is 11.9 Å². The second-order valence-electron chi connectivity index (χ2n) is 6.26. The van der Waals surface area contributed by atoms with Gasteiger partial charge in [-0.25, -0.2) is 0 Å². The Kier molecular flexibility index (Phi) is 3.59. The molecule has 108 valence electrons. The zero-order chi connectivity index (χ0) is 15.1. The van der Waals surface area contributed by atoms with E-state index < -0.39 is 23.2 Å². The second kappa shape index (κ2) is 4.93. The van der Waals surface area contributed by atoms with Crippen molar-refractivity contribution in [3.63, 3.8) is 0 Å². The molecule has 20 heavy (non-hydrogen) atoms. The van der Waals surface area contributed by atoms with Gasteiger partial charge in [0.25, 0.3) is 0 Å². The SMILES string of the molecule is Cc1cccc([C@@H](C)NC(=O)[C@H]2[C@@H](C(=O)O)C2(C)C)c1. The Morgan fingerprint density at radius 3 is 2.45 bits per heavy atom. The largest absolute Gasteiger partial charge is 0.481 e. The summed E-state index contributed by atoms with van der Waals surface area (Å²) in [6.07, 6.45) is 0. The second-order valence-corrected chi connectivity index (χ2v) is 6.26. The first kappa shape index (κ1) is 14.6. The van der Waals surface area contributed by atoms with Gasteiger partial charge >= 0.3 is 5.97 Å². The highest BCUT2D eigenvalue weighted by Gasteiger charge is 2.65. The summed E-state index contributed by atoms with van der Waals surface area (Å²) >= 11 is 0. The fraction of sp³-hybridized carbons (Fsp3) is 0.500. The van der Waals surface area contributed by atoms with Gasteiger partial charge in [-0.05, 0) is 24.8 Å². The van der Waals surface area contributed by atoms with E-state index in [1.807, 2.05) is 52.0 Å². The molecule has 1 aromatic rings. The lowest BCUT2D eigenvalue weighted by Gasteiger charge is -2.15. The standard InChI is InChI=1S/C16H21NO3/c1-9-6-5-7-11(8-9)10(2)17-14(18)12-13(15(19)20)16(12,3)4/h5-8,10,12-13H,1-4H3,(H,17,18)(H,19,20)/t10-,12-,13+/m1/s1. The van der Waals surface area contributed by atoms with Crippen molar-refractivity contribution in [1.82, 2.24) is 5.32 Å². The monoisotopic (exact) mass is 275 g/mol. The predicted molar refractivity (Wildman–Crippen MR) is 76.1 cm³/mol. The molecule has 1 aliphatic rings. The van der Waals surface area contributed by atoms with E-state index in [-0.39, 0.29) is 11.9 Å². The first-order chi connectivity index (χ1) is 9.25. The summed E-state index contributed by atoms with van der Waals surface area (Å²) in [5.74, 6) is -2.07. The van der Waals surface area contributed by atoms with E-state index in [4.69, 9.17) is 5.11 Å². The molecule has 1 fully saturated rings. The van der Waals surface area contributed by atoms with Crippen molar-refractivity contribution in [3.05, 3.63) is 35.4 Å². The smallest absolute Gasteiger partial charge is 0.307 e. The van der Waals surface area contributed by atoms with Crippen LogP contribution in [0.1, 0.15) is 37.9 Å². The van der Waals surface area contributed by atoms with Crippen molar-refractivity contribution in [2.45, 2.75) is 33.7 Å². The van der Waals surface area contributed by atoms with Crippen LogP contribution in [0.4, 0.5) is 0 Å². The maximum Gasteiger partial charge on any atom is 0.307 e. The van der Waals surface area contributed by atoms with Crippen LogP contribution >= 0.6 is 0 Å². The van der Waals surface area contributed by atoms with Crippen LogP contribution in [0.15, 0.2) is 24.3 Å². The number of carbonyl (C=O) groups is 2. The summed E-state index contributed by atoms with van der Waals surface area (Å²) in [5, 5.41) is 12.0. The molecule has 1 aliphatic carbocycles. The van der Waals surface area contributed by atoms with Crippen molar-refractivity contribution < 1.29 is 14.7 Å². The topological polar surface area (TPSA) is 66.4 Å². The first-order valence-corrected chi connectivity index (χ1v) is 6.85. The molecule has 2 N–H and O–H groups in total. The summed E-state index contributed by atoms with van der Waals surface area (Å²) in [5.41, 5.74) is 1.71. The number of carboxylic acids is 1. The molecular formula is C16H21NO3. The normalized spacial score (nSPS) is 24.8. The van der Waals surface area contributed by atoms with E-state index in [9.17, 15) is 9.59 Å². The molecule has 4 heteroatoms. The first-order valence-electron chi connectivity index (χ1n) is 6.85. The summed E-state index contributed by atoms with van der Waals surface area (Å²) in [7, 11) is 0. The van der Waals surface area contributed by atoms with Crippen LogP contribution in [0, 0.1) is 24.2 Å². The predicted octanol–water partition coefficient (Wildman–Crippen LogP) is 2.53. The van der Waals surface area contributed by atoms with E-state index in [1.54, 1.807) is 0 Å². The molecule has 1 saturated carbocycles. The van der Waals surface area contributed by atoms with Gasteiger partial charge in [0.1, 0.15) is 0 Å². The van der Waals surface area contributed by atoms with Crippen molar-refractivity contribution in [2.75, 3.05) is 0 Å². The molecule has 0 aromatic heterocycles. The molecule has 0 heterocycles. The van der Waals surface area contributed by atoms with E-state index in [2.05, 4.69) is 5.32 Å². The molecule has 0 spiro atoms. The molecule has 2 rings (SSSR count). The number of benzene rings is 1. The van der Waals surface area contributed by atoms with E-state index in [0.717, 1.165) is 11.1 Å². The average Bonchev–Trinajstić information content (AvgIpc) is 2.92. The summed E-state index contributed by atoms with van der Waals surface area (Å²) < 4.78 is 0. The summed E-state index contributed by atoms with van der Waals surface area (Å²) in [6.45, 7) is 7.57. The molecule has 3 atom stereocenters. The number of nitrogens with one attached hydrogen (secondary N) is 1. The Morgan fingerprint density at radius 1 is 1.30 bits per heavy atom. The highest BCUT2D eigenvalue weighted by molar-refractivity contribution is 5.91. The number of aliphatic carboxylic acids is 1. The fourth-order valence-electron chi connectivity index (χ4n) is 2.91. The Hall–Kier alpha value is -1.84. The quantitative estimate of drug-likeness (QED) is 0.887. The molecule has 0 bridgehead atoms. The van der Waals surface area contributed by atoms with E-state index in [1.165, 1.54) is 0 Å². The van der Waals surface area contributed by atoms with Gasteiger partial charge in [-0.1, -0.05) is 43.7 Å². The molecule has 0 radical (unpaired) electrons. The lowest BCUT2D eigenvalue weighted by Crippen LogP contribution is -2.30. The number of hydrogen-bond donors (Lipinski definition) is 2. The van der Waals surface area contributed by atoms with Crippen LogP contribution < -0.4 is 5.32 Å². The maximum atomic E-state index is 12.2. The number of rotatable bonds is 4. The lowest BCUT2D eigenvalue weighted by atomic mass is 10.0. The minimum absolute atomic E-state index is 0.117. The number of aryl methyl sites for hydroxylation is 1. The Balaban J connectivity index is 2.04. The van der Waals surface area contributed by atoms with Crippen LogP contribution in [0.25, 0.3) is 0 Å². The summed E-state index contributed by atoms with van der Waals surface area (Å²) in [6, 6.07) is 7.83. The van der Waals surface area contributed by atoms with Crippen molar-refractivity contribution in [3.8, 4) is 0 Å². The highest BCUT2D eigenvalue weighted by atomic mass is 16.4. The van der Waals surface area contributed by atoms with Gasteiger partial charge < -0.3 is 10.4 Å². The Bertz CT molecular complexity index is 550. The third-order valence-electron chi connectivity index (χ3n) is 4.28. The van der Waals surface area contributed by atoms with Gasteiger partial charge in [-0.15, -0.1) is 0 Å². The molecule has 4 nitrogen and oxygen atoms in total. The minimum atomic E-state index is -0.890. The van der Waals surface area contributed by atoms with Crippen molar-refractivity contribution in [1.29, 1.82) is 0 Å². The Labute approximate surface area is 119 Å². The molecular weight excluding hydrogens is 254 g/mol. The van der Waals surface area contributed by atoms with E-state index in [0.29, 0.717) is 0 Å². The van der Waals surface area contributed by atoms with E-state index >= 15 is 0 Å². The van der Waals surface area contributed by atoms with Crippen LogP contribution in [0.3, 0.4) is 0 Å². The van der Waals surface area contributed by atoms with Crippen LogP contribution in [0.5, 0.6) is 0 Å². The van der Waals surface area contributed by atoms with Gasteiger partial charge in [0.05, 0.1) is 17.9 Å². The summed E-state index contributed by atoms with van der Waals surface area (Å²) in [4.78, 5) is 23.3. The van der Waals surface area contributed by atoms with Gasteiger partial charge in [0.15, 0.2) is 0 Å². The number of carboxylic acid groups (broad SMARTS) is 1. The van der Waals surface area contributed by atoms with Crippen molar-refractivity contribution in [2.24, 2.45) is 17.3 Å². The third kappa shape index (κ3) is 2.55. The maximum absolute atomic E-state index is 12.2. The molecule has 0 saturated heterocycles. The minimum Gasteiger partial charge on any atom is -0.481 e. The van der Waals surface area contributed by atoms with Gasteiger partial charge in [0.2, 0.25) is 5.91 Å². The highest BCUT2D eigenvalue weighted by Crippen LogP contribution is 2.58. The zero-order valence-corrected chi connectivity index (χ0v) is 12.3. The number of carbonyl (C=O) groups excluding carboxylic acids is 1. The molecule has 1 aromatic carbocycles. The van der Waals surface area contributed by atoms with Crippen LogP contribution in [-0.4, -0.2) is 17.0 Å². The number of hydrogen-bond acceptors (Lipinski definition) is 2. The average molecular weight is 275 g/mol. The lowest BCUT2D eigenvalue weighted by molar-refractivity contribution is -0.140. The Morgan fingerprint density at radius 2 is 1.95 bits per heavy atom. The number of amides is 1. The van der Waals surface area contributed by atoms with Gasteiger partial charge in [0, 0.05) is 0 Å². The van der Waals surface area contributed by atoms with Crippen LogP contribution in [-0.2, 0) is 9.59 Å². The van der Waals surface area contributed by atoms with Crippen LogP contribution in [0.2, 0.25) is 0 Å². The third-order valence-corrected chi connectivity index (χ3v) is 4.28. The van der Waals surface area contributed by atoms with Gasteiger partial charge in [-0.2, -0.15) is 0 Å². The molecule has 0 aliphatic heterocycles. The molecule has 1 amide bonds. The molecule has 0 unspecified atom stereocenters. The fourth-order valence-corrected chi connectivity index (χ4v) is 2.91. The zero-order valence-electron chi connectivity index (χ0n) is 12.3.